The van der Waals surface area contributed by atoms with Crippen LogP contribution in [0.2, 0.25) is 0 Å². The van der Waals surface area contributed by atoms with Gasteiger partial charge in [-0.05, 0) is 67.6 Å². The zero-order valence-corrected chi connectivity index (χ0v) is 19.8. The van der Waals surface area contributed by atoms with Crippen molar-refractivity contribution >= 4 is 0 Å². The van der Waals surface area contributed by atoms with Gasteiger partial charge in [-0.15, -0.1) is 0 Å². The quantitative estimate of drug-likeness (QED) is 0.306. The Morgan fingerprint density at radius 3 is 2.31 bits per heavy atom. The molecule has 5 nitrogen and oxygen atoms in total. The van der Waals surface area contributed by atoms with Crippen molar-refractivity contribution in [3.63, 3.8) is 0 Å². The molecule has 0 radical (unpaired) electrons. The number of nitrogens with zero attached hydrogens (tertiary/aromatic N) is 3. The Kier molecular flexibility index (Phi) is 6.93. The van der Waals surface area contributed by atoms with Gasteiger partial charge in [0.25, 0.3) is 0 Å². The molecule has 0 bridgehead atoms. The van der Waals surface area contributed by atoms with Gasteiger partial charge >= 0.3 is 0 Å². The number of aliphatic hydroxyl groups excluding tert-OH is 1. The lowest BCUT2D eigenvalue weighted by Crippen LogP contribution is -2.30. The predicted octanol–water partition coefficient (Wildman–Crippen LogP) is 6.06. The lowest BCUT2D eigenvalue weighted by atomic mass is 10.1. The summed E-state index contributed by atoms with van der Waals surface area (Å²) in [5.74, 6) is 1.50. The third-order valence-corrected chi connectivity index (χ3v) is 6.38. The minimum Gasteiger partial charge on any atom is -0.439 e. The van der Waals surface area contributed by atoms with Crippen molar-refractivity contribution in [3.05, 3.63) is 108 Å². The van der Waals surface area contributed by atoms with Crippen LogP contribution in [-0.2, 0) is 6.54 Å². The van der Waals surface area contributed by atoms with Crippen molar-refractivity contribution in [1.29, 1.82) is 0 Å². The number of hydrogen-bond donors (Lipinski definition) is 1. The van der Waals surface area contributed by atoms with Gasteiger partial charge in [-0.3, -0.25) is 4.90 Å². The van der Waals surface area contributed by atoms with Crippen molar-refractivity contribution in [2.45, 2.75) is 32.4 Å². The highest BCUT2D eigenvalue weighted by atomic mass is 19.1. The maximum atomic E-state index is 13.5. The number of aromatic nitrogens is 2. The van der Waals surface area contributed by atoms with Gasteiger partial charge in [0, 0.05) is 19.6 Å². The number of benzene rings is 3. The lowest BCUT2D eigenvalue weighted by molar-refractivity contribution is 0.105. The molecule has 1 heterocycles. The molecular weight excluding hydrogens is 441 g/mol. The smallest absolute Gasteiger partial charge is 0.227 e. The summed E-state index contributed by atoms with van der Waals surface area (Å²) in [5, 5.41) is 15.8. The SMILES string of the molecule is Cc1nn(-c2ccccc2)c(Oc2ccc(F)cc2)c1CN(CC1CC1)CC(O)c1ccccc1. The fourth-order valence-electron chi connectivity index (χ4n) is 4.30. The molecule has 1 aliphatic carbocycles. The Hall–Kier alpha value is -3.48. The van der Waals surface area contributed by atoms with Crippen LogP contribution in [-0.4, -0.2) is 32.9 Å². The standard InChI is InChI=1S/C29H30FN3O2/c1-21-27(19-32(18-22-12-13-22)20-28(34)23-8-4-2-5-9-23)29(35-26-16-14-24(30)15-17-26)33(31-21)25-10-6-3-7-11-25/h2-11,14-17,22,28,34H,12-13,18-20H2,1H3. The molecule has 180 valence electrons. The van der Waals surface area contributed by atoms with Gasteiger partial charge in [0.05, 0.1) is 23.0 Å². The second kappa shape index (κ2) is 10.4. The Bertz CT molecular complexity index is 1240. The first kappa shape index (κ1) is 23.3. The van der Waals surface area contributed by atoms with Crippen LogP contribution in [0, 0.1) is 18.7 Å². The van der Waals surface area contributed by atoms with Crippen LogP contribution in [0.1, 0.15) is 35.8 Å². The molecule has 1 saturated carbocycles. The van der Waals surface area contributed by atoms with E-state index in [2.05, 4.69) is 4.90 Å². The monoisotopic (exact) mass is 471 g/mol. The molecule has 1 aromatic heterocycles. The van der Waals surface area contributed by atoms with Crippen LogP contribution in [0.25, 0.3) is 5.69 Å². The first-order chi connectivity index (χ1) is 17.1. The molecule has 0 saturated heterocycles. The van der Waals surface area contributed by atoms with Gasteiger partial charge in [0.15, 0.2) is 0 Å². The van der Waals surface area contributed by atoms with Gasteiger partial charge in [-0.1, -0.05) is 48.5 Å². The topological polar surface area (TPSA) is 50.5 Å². The third kappa shape index (κ3) is 5.78. The van der Waals surface area contributed by atoms with Crippen molar-refractivity contribution in [1.82, 2.24) is 14.7 Å². The molecule has 5 rings (SSSR count). The maximum absolute atomic E-state index is 13.5. The summed E-state index contributed by atoms with van der Waals surface area (Å²) in [5.41, 5.74) is 3.62. The van der Waals surface area contributed by atoms with Crippen molar-refractivity contribution in [2.75, 3.05) is 13.1 Å². The Labute approximate surface area is 205 Å². The van der Waals surface area contributed by atoms with E-state index in [0.29, 0.717) is 30.6 Å². The minimum atomic E-state index is -0.583. The fourth-order valence-corrected chi connectivity index (χ4v) is 4.30. The third-order valence-electron chi connectivity index (χ3n) is 6.38. The lowest BCUT2D eigenvalue weighted by Gasteiger charge is -2.25. The van der Waals surface area contributed by atoms with E-state index in [0.717, 1.165) is 29.1 Å². The highest BCUT2D eigenvalue weighted by Gasteiger charge is 2.28. The van der Waals surface area contributed by atoms with Crippen molar-refractivity contribution in [3.8, 4) is 17.3 Å². The molecule has 0 aliphatic heterocycles. The zero-order valence-electron chi connectivity index (χ0n) is 19.8. The molecule has 3 aromatic carbocycles. The molecule has 1 unspecified atom stereocenters. The van der Waals surface area contributed by atoms with Gasteiger partial charge in [-0.25, -0.2) is 9.07 Å². The van der Waals surface area contributed by atoms with Gasteiger partial charge in [0.2, 0.25) is 5.88 Å². The molecule has 1 fully saturated rings. The summed E-state index contributed by atoms with van der Waals surface area (Å²) in [4.78, 5) is 2.30. The van der Waals surface area contributed by atoms with E-state index in [9.17, 15) is 9.50 Å². The number of hydrogen-bond acceptors (Lipinski definition) is 4. The van der Waals surface area contributed by atoms with E-state index in [-0.39, 0.29) is 5.82 Å². The molecule has 35 heavy (non-hydrogen) atoms. The van der Waals surface area contributed by atoms with E-state index in [1.54, 1.807) is 16.8 Å². The van der Waals surface area contributed by atoms with Crippen LogP contribution >= 0.6 is 0 Å². The van der Waals surface area contributed by atoms with Crippen LogP contribution in [0.5, 0.6) is 11.6 Å². The van der Waals surface area contributed by atoms with Crippen molar-refractivity contribution < 1.29 is 14.2 Å². The normalized spacial score (nSPS) is 14.3. The van der Waals surface area contributed by atoms with Crippen LogP contribution in [0.3, 0.4) is 0 Å². The summed E-state index contributed by atoms with van der Waals surface area (Å²) in [6.07, 6.45) is 1.86. The van der Waals surface area contributed by atoms with E-state index in [1.807, 2.05) is 67.6 Å². The maximum Gasteiger partial charge on any atom is 0.227 e. The molecule has 1 aliphatic rings. The number of para-hydroxylation sites is 1. The van der Waals surface area contributed by atoms with E-state index in [4.69, 9.17) is 9.84 Å². The van der Waals surface area contributed by atoms with Gasteiger partial charge in [0.1, 0.15) is 11.6 Å². The average Bonchev–Trinajstić information content (AvgIpc) is 3.65. The second-order valence-corrected chi connectivity index (χ2v) is 9.24. The molecular formula is C29H30FN3O2. The molecule has 0 spiro atoms. The van der Waals surface area contributed by atoms with E-state index in [1.165, 1.54) is 25.0 Å². The number of aryl methyl sites for hydroxylation is 1. The van der Waals surface area contributed by atoms with Crippen molar-refractivity contribution in [2.24, 2.45) is 5.92 Å². The number of aliphatic hydroxyl groups is 1. The molecule has 4 aromatic rings. The predicted molar refractivity (Wildman–Crippen MR) is 134 cm³/mol. The average molecular weight is 472 g/mol. The Morgan fingerprint density at radius 2 is 1.66 bits per heavy atom. The van der Waals surface area contributed by atoms with E-state index >= 15 is 0 Å². The second-order valence-electron chi connectivity index (χ2n) is 9.24. The fraction of sp³-hybridized carbons (Fsp3) is 0.276. The van der Waals surface area contributed by atoms with E-state index < -0.39 is 6.10 Å². The molecule has 6 heteroatoms. The van der Waals surface area contributed by atoms with Crippen LogP contribution in [0.15, 0.2) is 84.9 Å². The van der Waals surface area contributed by atoms with Gasteiger partial charge < -0.3 is 9.84 Å². The number of rotatable bonds is 10. The molecule has 0 amide bonds. The number of halogens is 1. The largest absolute Gasteiger partial charge is 0.439 e. The Morgan fingerprint density at radius 1 is 1.00 bits per heavy atom. The summed E-state index contributed by atoms with van der Waals surface area (Å²) >= 11 is 0. The summed E-state index contributed by atoms with van der Waals surface area (Å²) in [6.45, 7) is 4.01. The first-order valence-corrected chi connectivity index (χ1v) is 12.1. The molecule has 1 atom stereocenters. The van der Waals surface area contributed by atoms with Gasteiger partial charge in [-0.2, -0.15) is 5.10 Å². The first-order valence-electron chi connectivity index (χ1n) is 12.1. The zero-order chi connectivity index (χ0) is 24.2. The summed E-state index contributed by atoms with van der Waals surface area (Å²) in [6, 6.07) is 25.7. The summed E-state index contributed by atoms with van der Waals surface area (Å²) in [7, 11) is 0. The number of ether oxygens (including phenoxy) is 1. The highest BCUT2D eigenvalue weighted by molar-refractivity contribution is 5.43. The van der Waals surface area contributed by atoms with Crippen LogP contribution in [0.4, 0.5) is 4.39 Å². The van der Waals surface area contributed by atoms with Crippen LogP contribution < -0.4 is 4.74 Å². The highest BCUT2D eigenvalue weighted by Crippen LogP contribution is 2.35. The molecule has 1 N–H and O–H groups in total. The summed E-state index contributed by atoms with van der Waals surface area (Å²) < 4.78 is 21.6. The Balaban J connectivity index is 1.47. The minimum absolute atomic E-state index is 0.309.